The average molecular weight is 383 g/mol. The van der Waals surface area contributed by atoms with Crippen molar-refractivity contribution < 1.29 is 31.1 Å². The van der Waals surface area contributed by atoms with Crippen molar-refractivity contribution in [3.8, 4) is 5.75 Å². The van der Waals surface area contributed by atoms with E-state index in [0.29, 0.717) is 11.8 Å². The maximum Gasteiger partial charge on any atom is 0.573 e. The van der Waals surface area contributed by atoms with Crippen LogP contribution < -0.4 is 4.74 Å². The van der Waals surface area contributed by atoms with Gasteiger partial charge in [0.2, 0.25) is 0 Å². The average Bonchev–Trinajstić information content (AvgIpc) is 2.26. The third-order valence-corrected chi connectivity index (χ3v) is 3.54. The van der Waals surface area contributed by atoms with Crippen LogP contribution in [-0.2, 0) is 6.42 Å². The van der Waals surface area contributed by atoms with E-state index >= 15 is 0 Å². The van der Waals surface area contributed by atoms with Gasteiger partial charge in [-0.1, -0.05) is 28.1 Å². The van der Waals surface area contributed by atoms with Crippen LogP contribution in [0.5, 0.6) is 5.75 Å². The Balaban J connectivity index is 3.14. The number of aryl methyl sites for hydroxylation is 1. The number of halogens is 7. The van der Waals surface area contributed by atoms with Gasteiger partial charge in [-0.25, -0.2) is 0 Å². The van der Waals surface area contributed by atoms with E-state index in [1.807, 2.05) is 0 Å². The molecule has 0 fully saturated rings. The lowest BCUT2D eigenvalue weighted by molar-refractivity contribution is -0.275. The molecule has 1 aromatic rings. The first kappa shape index (κ1) is 17.5. The van der Waals surface area contributed by atoms with E-state index in [9.17, 15) is 26.3 Å². The number of hydrogen-bond donors (Lipinski definition) is 0. The van der Waals surface area contributed by atoms with Gasteiger partial charge < -0.3 is 4.74 Å². The second-order valence-electron chi connectivity index (χ2n) is 3.63. The molecule has 0 saturated carbocycles. The van der Waals surface area contributed by atoms with Crippen molar-refractivity contribution in [2.45, 2.75) is 29.6 Å². The van der Waals surface area contributed by atoms with Crippen molar-refractivity contribution in [1.82, 2.24) is 0 Å². The first-order valence-electron chi connectivity index (χ1n) is 5.32. The molecule has 0 unspecified atom stereocenters. The van der Waals surface area contributed by atoms with Gasteiger partial charge in [-0.05, 0) is 36.2 Å². The summed E-state index contributed by atoms with van der Waals surface area (Å²) in [6.07, 6.45) is -4.31. The molecular weight excluding hydrogens is 374 g/mol. The molecule has 0 bridgehead atoms. The highest BCUT2D eigenvalue weighted by molar-refractivity contribution is 9.09. The quantitative estimate of drug-likeness (QED) is 0.376. The summed E-state index contributed by atoms with van der Waals surface area (Å²) in [5, 5.41) is 0.535. The normalized spacial score (nSPS) is 12.6. The minimum absolute atomic E-state index is 0.175. The number of alkyl halides is 7. The van der Waals surface area contributed by atoms with Crippen LogP contribution in [0.2, 0.25) is 0 Å². The van der Waals surface area contributed by atoms with Crippen LogP contribution in [0.15, 0.2) is 23.1 Å². The molecule has 0 spiro atoms. The minimum atomic E-state index is -5.03. The fraction of sp³-hybridized carbons (Fsp3) is 0.455. The molecule has 114 valence electrons. The van der Waals surface area contributed by atoms with E-state index < -0.39 is 34.3 Å². The van der Waals surface area contributed by atoms with E-state index in [0.717, 1.165) is 6.07 Å². The molecule has 0 amide bonds. The Morgan fingerprint density at radius 3 is 2.25 bits per heavy atom. The standard InChI is InChI=1S/C11H9BrF6OS/c12-6-2-4-7-3-1-5-8(19-10(13,14)15)9(7)20-11(16,17)18/h1,3,5H,2,4,6H2. The molecule has 0 heterocycles. The van der Waals surface area contributed by atoms with E-state index in [1.165, 1.54) is 12.1 Å². The third-order valence-electron chi connectivity index (χ3n) is 2.08. The van der Waals surface area contributed by atoms with Crippen molar-refractivity contribution in [3.63, 3.8) is 0 Å². The molecule has 1 nitrogen and oxygen atoms in total. The Kier molecular flexibility index (Phi) is 6.06. The highest BCUT2D eigenvalue weighted by Crippen LogP contribution is 2.44. The summed E-state index contributed by atoms with van der Waals surface area (Å²) >= 11 is 2.52. The van der Waals surface area contributed by atoms with Gasteiger partial charge in [0, 0.05) is 5.33 Å². The van der Waals surface area contributed by atoms with Crippen molar-refractivity contribution in [2.24, 2.45) is 0 Å². The fourth-order valence-electron chi connectivity index (χ4n) is 1.45. The zero-order chi connectivity index (χ0) is 15.4. The second kappa shape index (κ2) is 6.93. The van der Waals surface area contributed by atoms with Crippen molar-refractivity contribution in [2.75, 3.05) is 5.33 Å². The molecule has 0 atom stereocenters. The van der Waals surface area contributed by atoms with Crippen LogP contribution in [0, 0.1) is 0 Å². The monoisotopic (exact) mass is 382 g/mol. The molecule has 1 rings (SSSR count). The molecule has 20 heavy (non-hydrogen) atoms. The molecule has 0 aromatic heterocycles. The Bertz CT molecular complexity index is 446. The summed E-state index contributed by atoms with van der Waals surface area (Å²) in [5.74, 6) is -0.827. The fourth-order valence-corrected chi connectivity index (χ4v) is 2.48. The molecular formula is C11H9BrF6OS. The van der Waals surface area contributed by atoms with E-state index in [4.69, 9.17) is 0 Å². The van der Waals surface area contributed by atoms with Crippen LogP contribution in [0.3, 0.4) is 0 Å². The molecule has 0 radical (unpaired) electrons. The molecule has 0 saturated heterocycles. The first-order valence-corrected chi connectivity index (χ1v) is 7.25. The molecule has 0 aliphatic rings. The van der Waals surface area contributed by atoms with Gasteiger partial charge in [0.1, 0.15) is 5.75 Å². The topological polar surface area (TPSA) is 9.23 Å². The van der Waals surface area contributed by atoms with Gasteiger partial charge in [0.25, 0.3) is 0 Å². The third kappa shape index (κ3) is 6.25. The summed E-state index contributed by atoms with van der Waals surface area (Å²) in [6.45, 7) is 0. The maximum absolute atomic E-state index is 12.5. The smallest absolute Gasteiger partial charge is 0.405 e. The van der Waals surface area contributed by atoms with Gasteiger partial charge in [-0.3, -0.25) is 0 Å². The Labute approximate surface area is 123 Å². The van der Waals surface area contributed by atoms with Crippen LogP contribution in [0.25, 0.3) is 0 Å². The van der Waals surface area contributed by atoms with Gasteiger partial charge in [0.15, 0.2) is 0 Å². The summed E-state index contributed by atoms with van der Waals surface area (Å²) in [4.78, 5) is -0.543. The van der Waals surface area contributed by atoms with Gasteiger partial charge in [0.05, 0.1) is 4.90 Å². The van der Waals surface area contributed by atoms with Crippen molar-refractivity contribution in [3.05, 3.63) is 23.8 Å². The number of ether oxygens (including phenoxy) is 1. The van der Waals surface area contributed by atoms with Crippen LogP contribution in [0.4, 0.5) is 26.3 Å². The lowest BCUT2D eigenvalue weighted by Gasteiger charge is -2.17. The Morgan fingerprint density at radius 2 is 1.75 bits per heavy atom. The van der Waals surface area contributed by atoms with E-state index in [-0.39, 0.29) is 12.0 Å². The van der Waals surface area contributed by atoms with Crippen molar-refractivity contribution >= 4 is 27.7 Å². The second-order valence-corrected chi connectivity index (χ2v) is 5.50. The predicted molar refractivity (Wildman–Crippen MR) is 67.2 cm³/mol. The van der Waals surface area contributed by atoms with Gasteiger partial charge in [-0.15, -0.1) is 13.2 Å². The lowest BCUT2D eigenvalue weighted by atomic mass is 10.1. The Morgan fingerprint density at radius 1 is 1.10 bits per heavy atom. The number of benzene rings is 1. The predicted octanol–water partition coefficient (Wildman–Crippen LogP) is 5.52. The van der Waals surface area contributed by atoms with E-state index in [1.54, 1.807) is 0 Å². The Hall–Kier alpha value is -0.570. The largest absolute Gasteiger partial charge is 0.573 e. The number of rotatable bonds is 5. The molecule has 0 N–H and O–H groups in total. The summed E-state index contributed by atoms with van der Waals surface area (Å²) < 4.78 is 77.7. The SMILES string of the molecule is FC(F)(F)Oc1cccc(CCCBr)c1SC(F)(F)F. The van der Waals surface area contributed by atoms with E-state index in [2.05, 4.69) is 20.7 Å². The van der Waals surface area contributed by atoms with Crippen molar-refractivity contribution in [1.29, 1.82) is 0 Å². The molecule has 0 aliphatic carbocycles. The van der Waals surface area contributed by atoms with Gasteiger partial charge in [-0.2, -0.15) is 13.2 Å². The zero-order valence-corrected chi connectivity index (χ0v) is 12.2. The summed E-state index contributed by atoms with van der Waals surface area (Å²) in [6, 6.07) is 3.48. The van der Waals surface area contributed by atoms with Crippen LogP contribution in [-0.4, -0.2) is 17.2 Å². The van der Waals surface area contributed by atoms with Crippen LogP contribution >= 0.6 is 27.7 Å². The highest BCUT2D eigenvalue weighted by atomic mass is 79.9. The highest BCUT2D eigenvalue weighted by Gasteiger charge is 2.36. The number of thioether (sulfide) groups is 1. The maximum atomic E-state index is 12.5. The molecule has 9 heteroatoms. The molecule has 0 aliphatic heterocycles. The first-order chi connectivity index (χ1) is 9.12. The zero-order valence-electron chi connectivity index (χ0n) is 9.82. The van der Waals surface area contributed by atoms with Gasteiger partial charge >= 0.3 is 11.9 Å². The van der Waals surface area contributed by atoms with Crippen LogP contribution in [0.1, 0.15) is 12.0 Å². The number of hydrogen-bond acceptors (Lipinski definition) is 2. The molecule has 1 aromatic carbocycles. The summed E-state index contributed by atoms with van der Waals surface area (Å²) in [5.41, 5.74) is -4.51. The summed E-state index contributed by atoms with van der Waals surface area (Å²) in [7, 11) is 0. The lowest BCUT2D eigenvalue weighted by Crippen LogP contribution is -2.18. The minimum Gasteiger partial charge on any atom is -0.405 e.